The van der Waals surface area contributed by atoms with E-state index < -0.39 is 10.0 Å². The number of aryl methyl sites for hydroxylation is 2. The Hall–Kier alpha value is -2.84. The molecule has 0 atom stereocenters. The lowest BCUT2D eigenvalue weighted by atomic mass is 10.1. The fraction of sp³-hybridized carbons (Fsp3) is 0.208. The number of benzene rings is 3. The van der Waals surface area contributed by atoms with Crippen molar-refractivity contribution in [3.05, 3.63) is 81.8 Å². The number of amides is 1. The third-order valence-corrected chi connectivity index (χ3v) is 6.57. The minimum Gasteiger partial charge on any atom is -0.492 e. The molecule has 0 aromatic heterocycles. The van der Waals surface area contributed by atoms with Crippen LogP contribution >= 0.6 is 15.9 Å². The first kappa shape index (κ1) is 23.8. The van der Waals surface area contributed by atoms with Gasteiger partial charge in [0.2, 0.25) is 0 Å². The van der Waals surface area contributed by atoms with Gasteiger partial charge in [0.25, 0.3) is 15.9 Å². The van der Waals surface area contributed by atoms with Gasteiger partial charge in [0.1, 0.15) is 5.75 Å². The fourth-order valence-corrected chi connectivity index (χ4v) is 4.67. The van der Waals surface area contributed by atoms with Gasteiger partial charge in [0.15, 0.2) is 0 Å². The van der Waals surface area contributed by atoms with Crippen molar-refractivity contribution in [2.45, 2.75) is 32.1 Å². The molecular formula is C24H25BrN2O4S. The number of nitrogens with one attached hydrogen (secondary N) is 2. The van der Waals surface area contributed by atoms with Crippen molar-refractivity contribution in [1.82, 2.24) is 0 Å². The first-order valence-corrected chi connectivity index (χ1v) is 12.4. The largest absolute Gasteiger partial charge is 0.492 e. The molecule has 0 spiro atoms. The highest BCUT2D eigenvalue weighted by molar-refractivity contribution is 9.10. The Bertz CT molecular complexity index is 1200. The van der Waals surface area contributed by atoms with Crippen LogP contribution in [0.15, 0.2) is 70.0 Å². The number of anilines is 2. The number of rotatable bonds is 8. The molecule has 3 rings (SSSR count). The third kappa shape index (κ3) is 6.11. The fourth-order valence-electron chi connectivity index (χ4n) is 3.14. The maximum Gasteiger partial charge on any atom is 0.261 e. The standard InChI is InChI=1S/C24H25BrN2O4S/c1-4-11-31-23-10-5-18(15-22(23)25)24(28)26-19-6-8-21(9-7-19)32(29,30)27-20-13-16(2)12-17(3)14-20/h5-10,12-15,27H,4,11H2,1-3H3,(H,26,28). The second kappa shape index (κ2) is 10.2. The van der Waals surface area contributed by atoms with Gasteiger partial charge in [0.05, 0.1) is 16.0 Å². The summed E-state index contributed by atoms with van der Waals surface area (Å²) in [5.41, 5.74) is 3.39. The van der Waals surface area contributed by atoms with E-state index in [0.717, 1.165) is 17.5 Å². The highest BCUT2D eigenvalue weighted by Crippen LogP contribution is 2.27. The van der Waals surface area contributed by atoms with Crippen LogP contribution in [-0.2, 0) is 10.0 Å². The molecule has 3 aromatic rings. The van der Waals surface area contributed by atoms with Crippen LogP contribution in [0.25, 0.3) is 0 Å². The zero-order valence-corrected chi connectivity index (χ0v) is 20.5. The Kier molecular flexibility index (Phi) is 7.58. The molecule has 8 heteroatoms. The zero-order chi connectivity index (χ0) is 23.3. The summed E-state index contributed by atoms with van der Waals surface area (Å²) < 4.78 is 34.3. The Morgan fingerprint density at radius 1 is 0.938 bits per heavy atom. The number of carbonyl (C=O) groups excluding carboxylic acids is 1. The first-order valence-electron chi connectivity index (χ1n) is 10.1. The van der Waals surface area contributed by atoms with Crippen LogP contribution in [-0.4, -0.2) is 20.9 Å². The first-order chi connectivity index (χ1) is 15.2. The molecule has 3 aromatic carbocycles. The van der Waals surface area contributed by atoms with Gasteiger partial charge in [-0.2, -0.15) is 0 Å². The molecule has 0 saturated heterocycles. The van der Waals surface area contributed by atoms with Crippen molar-refractivity contribution in [2.75, 3.05) is 16.6 Å². The van der Waals surface area contributed by atoms with Crippen LogP contribution in [0, 0.1) is 13.8 Å². The maximum atomic E-state index is 12.7. The second-order valence-corrected chi connectivity index (χ2v) is 9.99. The predicted molar refractivity (Wildman–Crippen MR) is 131 cm³/mol. The minimum atomic E-state index is -3.75. The van der Waals surface area contributed by atoms with Crippen LogP contribution in [0.5, 0.6) is 5.75 Å². The van der Waals surface area contributed by atoms with Crippen molar-refractivity contribution in [2.24, 2.45) is 0 Å². The molecule has 0 radical (unpaired) electrons. The summed E-state index contributed by atoms with van der Waals surface area (Å²) in [6, 6.07) is 16.7. The van der Waals surface area contributed by atoms with Gasteiger partial charge < -0.3 is 10.1 Å². The molecule has 32 heavy (non-hydrogen) atoms. The van der Waals surface area contributed by atoms with Gasteiger partial charge in [-0.3, -0.25) is 9.52 Å². The lowest BCUT2D eigenvalue weighted by Crippen LogP contribution is -2.14. The van der Waals surface area contributed by atoms with Gasteiger partial charge in [-0.05, 0) is 102 Å². The third-order valence-electron chi connectivity index (χ3n) is 4.55. The zero-order valence-electron chi connectivity index (χ0n) is 18.1. The molecular weight excluding hydrogens is 492 g/mol. The van der Waals surface area contributed by atoms with E-state index in [1.807, 2.05) is 26.8 Å². The number of carbonyl (C=O) groups is 1. The van der Waals surface area contributed by atoms with Crippen LogP contribution in [0.3, 0.4) is 0 Å². The number of halogens is 1. The molecule has 168 valence electrons. The Balaban J connectivity index is 1.70. The molecule has 0 bridgehead atoms. The number of sulfonamides is 1. The van der Waals surface area contributed by atoms with E-state index in [-0.39, 0.29) is 10.8 Å². The maximum absolute atomic E-state index is 12.7. The van der Waals surface area contributed by atoms with Crippen LogP contribution in [0.2, 0.25) is 0 Å². The minimum absolute atomic E-state index is 0.106. The van der Waals surface area contributed by atoms with Gasteiger partial charge in [-0.15, -0.1) is 0 Å². The van der Waals surface area contributed by atoms with Crippen molar-refractivity contribution < 1.29 is 17.9 Å². The summed E-state index contributed by atoms with van der Waals surface area (Å²) in [5, 5.41) is 2.78. The molecule has 0 heterocycles. The van der Waals surface area contributed by atoms with Crippen LogP contribution < -0.4 is 14.8 Å². The summed E-state index contributed by atoms with van der Waals surface area (Å²) in [5.74, 6) is 0.367. The molecule has 0 unspecified atom stereocenters. The Labute approximate surface area is 197 Å². The van der Waals surface area contributed by atoms with Crippen LogP contribution in [0.4, 0.5) is 11.4 Å². The monoisotopic (exact) mass is 516 g/mol. The van der Waals surface area contributed by atoms with Gasteiger partial charge in [-0.25, -0.2) is 8.42 Å². The topological polar surface area (TPSA) is 84.5 Å². The normalized spacial score (nSPS) is 11.1. The molecule has 2 N–H and O–H groups in total. The van der Waals surface area contributed by atoms with Crippen molar-refractivity contribution in [3.63, 3.8) is 0 Å². The Morgan fingerprint density at radius 2 is 1.59 bits per heavy atom. The number of hydrogen-bond acceptors (Lipinski definition) is 4. The van der Waals surface area contributed by atoms with E-state index in [1.165, 1.54) is 12.1 Å². The lowest BCUT2D eigenvalue weighted by molar-refractivity contribution is 0.102. The van der Waals surface area contributed by atoms with E-state index >= 15 is 0 Å². The molecule has 1 amide bonds. The van der Waals surface area contributed by atoms with E-state index in [2.05, 4.69) is 26.0 Å². The van der Waals surface area contributed by atoms with E-state index in [0.29, 0.717) is 33.8 Å². The average molecular weight is 517 g/mol. The summed E-state index contributed by atoms with van der Waals surface area (Å²) in [7, 11) is -3.75. The summed E-state index contributed by atoms with van der Waals surface area (Å²) in [6.45, 7) is 6.43. The van der Waals surface area contributed by atoms with E-state index in [4.69, 9.17) is 4.74 Å². The molecule has 0 saturated carbocycles. The molecule has 0 fully saturated rings. The predicted octanol–water partition coefficient (Wildman–Crippen LogP) is 5.91. The lowest BCUT2D eigenvalue weighted by Gasteiger charge is -2.11. The highest BCUT2D eigenvalue weighted by atomic mass is 79.9. The van der Waals surface area contributed by atoms with Gasteiger partial charge >= 0.3 is 0 Å². The second-order valence-electron chi connectivity index (χ2n) is 7.45. The van der Waals surface area contributed by atoms with Gasteiger partial charge in [-0.1, -0.05) is 13.0 Å². The molecule has 6 nitrogen and oxygen atoms in total. The Morgan fingerprint density at radius 3 is 2.19 bits per heavy atom. The van der Waals surface area contributed by atoms with Gasteiger partial charge in [0, 0.05) is 16.9 Å². The molecule has 0 aliphatic heterocycles. The van der Waals surface area contributed by atoms with Crippen molar-refractivity contribution >= 4 is 43.2 Å². The average Bonchev–Trinajstić information content (AvgIpc) is 2.72. The summed E-state index contributed by atoms with van der Waals surface area (Å²) in [6.07, 6.45) is 0.889. The van der Waals surface area contributed by atoms with Crippen molar-refractivity contribution in [3.8, 4) is 5.75 Å². The summed E-state index contributed by atoms with van der Waals surface area (Å²) in [4.78, 5) is 12.7. The number of hydrogen-bond donors (Lipinski definition) is 2. The van der Waals surface area contributed by atoms with E-state index in [9.17, 15) is 13.2 Å². The van der Waals surface area contributed by atoms with E-state index in [1.54, 1.807) is 42.5 Å². The van der Waals surface area contributed by atoms with Crippen molar-refractivity contribution in [1.29, 1.82) is 0 Å². The smallest absolute Gasteiger partial charge is 0.261 e. The molecule has 0 aliphatic rings. The highest BCUT2D eigenvalue weighted by Gasteiger charge is 2.15. The molecule has 0 aliphatic carbocycles. The quantitative estimate of drug-likeness (QED) is 0.389. The summed E-state index contributed by atoms with van der Waals surface area (Å²) >= 11 is 3.42. The van der Waals surface area contributed by atoms with Crippen LogP contribution in [0.1, 0.15) is 34.8 Å². The SMILES string of the molecule is CCCOc1ccc(C(=O)Nc2ccc(S(=O)(=O)Nc3cc(C)cc(C)c3)cc2)cc1Br. The number of ether oxygens (including phenoxy) is 1.